The fourth-order valence-electron chi connectivity index (χ4n) is 1.31. The summed E-state index contributed by atoms with van der Waals surface area (Å²) in [6.45, 7) is 1.97. The Labute approximate surface area is 85.5 Å². The molecule has 0 saturated carbocycles. The van der Waals surface area contributed by atoms with Crippen molar-refractivity contribution in [3.05, 3.63) is 46.8 Å². The Bertz CT molecular complexity index is 400. The van der Waals surface area contributed by atoms with Crippen LogP contribution in [0.5, 0.6) is 0 Å². The van der Waals surface area contributed by atoms with E-state index in [4.69, 9.17) is 4.42 Å². The second-order valence-electron chi connectivity index (χ2n) is 2.90. The van der Waals surface area contributed by atoms with E-state index in [-0.39, 0.29) is 0 Å². The maximum Gasteiger partial charge on any atom is 0.108 e. The maximum atomic E-state index is 5.24. The number of benzene rings is 1. The molecular weight excluding hydrogens is 228 g/mol. The Morgan fingerprint density at radius 2 is 1.77 bits per heavy atom. The van der Waals surface area contributed by atoms with Gasteiger partial charge in [-0.25, -0.2) is 0 Å². The van der Waals surface area contributed by atoms with E-state index in [1.54, 1.807) is 6.26 Å². The van der Waals surface area contributed by atoms with Gasteiger partial charge in [0.05, 0.1) is 6.26 Å². The summed E-state index contributed by atoms with van der Waals surface area (Å²) >= 11 is 3.40. The molecule has 66 valence electrons. The molecule has 13 heavy (non-hydrogen) atoms. The SMILES string of the molecule is Cc1occc1-c1ccc(Br)cc1. The molecule has 2 heteroatoms. The normalized spacial score (nSPS) is 10.3. The summed E-state index contributed by atoms with van der Waals surface area (Å²) in [6.07, 6.45) is 1.71. The predicted molar refractivity (Wildman–Crippen MR) is 56.6 cm³/mol. The van der Waals surface area contributed by atoms with Crippen LogP contribution in [0.1, 0.15) is 5.76 Å². The highest BCUT2D eigenvalue weighted by molar-refractivity contribution is 9.10. The van der Waals surface area contributed by atoms with Crippen LogP contribution in [0.3, 0.4) is 0 Å². The molecule has 0 bridgehead atoms. The van der Waals surface area contributed by atoms with E-state index in [0.717, 1.165) is 15.8 Å². The molecule has 1 nitrogen and oxygen atoms in total. The van der Waals surface area contributed by atoms with Gasteiger partial charge in [-0.2, -0.15) is 0 Å². The van der Waals surface area contributed by atoms with Crippen LogP contribution >= 0.6 is 15.9 Å². The van der Waals surface area contributed by atoms with Crippen LogP contribution in [0.2, 0.25) is 0 Å². The molecule has 0 N–H and O–H groups in total. The van der Waals surface area contributed by atoms with Crippen LogP contribution in [-0.4, -0.2) is 0 Å². The second-order valence-corrected chi connectivity index (χ2v) is 3.81. The lowest BCUT2D eigenvalue weighted by Gasteiger charge is -1.98. The van der Waals surface area contributed by atoms with Crippen molar-refractivity contribution in [1.29, 1.82) is 0 Å². The minimum absolute atomic E-state index is 0.960. The third-order valence-corrected chi connectivity index (χ3v) is 2.54. The minimum atomic E-state index is 0.960. The fraction of sp³-hybridized carbons (Fsp3) is 0.0909. The lowest BCUT2D eigenvalue weighted by Crippen LogP contribution is -1.75. The van der Waals surface area contributed by atoms with Gasteiger partial charge in [-0.05, 0) is 30.7 Å². The van der Waals surface area contributed by atoms with Gasteiger partial charge in [0.2, 0.25) is 0 Å². The van der Waals surface area contributed by atoms with E-state index >= 15 is 0 Å². The number of hydrogen-bond donors (Lipinski definition) is 0. The zero-order valence-electron chi connectivity index (χ0n) is 7.25. The van der Waals surface area contributed by atoms with Crippen molar-refractivity contribution in [2.45, 2.75) is 6.92 Å². The van der Waals surface area contributed by atoms with E-state index < -0.39 is 0 Å². The zero-order valence-corrected chi connectivity index (χ0v) is 8.84. The fourth-order valence-corrected chi connectivity index (χ4v) is 1.58. The Hall–Kier alpha value is -1.02. The smallest absolute Gasteiger partial charge is 0.108 e. The molecule has 0 radical (unpaired) electrons. The van der Waals surface area contributed by atoms with Crippen molar-refractivity contribution in [3.8, 4) is 11.1 Å². The summed E-state index contributed by atoms with van der Waals surface area (Å²) in [6, 6.07) is 10.2. The minimum Gasteiger partial charge on any atom is -0.469 e. The molecule has 0 saturated heterocycles. The highest BCUT2D eigenvalue weighted by Gasteiger charge is 2.02. The summed E-state index contributed by atoms with van der Waals surface area (Å²) in [5, 5.41) is 0. The van der Waals surface area contributed by atoms with Crippen molar-refractivity contribution in [2.75, 3.05) is 0 Å². The van der Waals surface area contributed by atoms with Crippen molar-refractivity contribution in [2.24, 2.45) is 0 Å². The zero-order chi connectivity index (χ0) is 9.26. The number of hydrogen-bond acceptors (Lipinski definition) is 1. The summed E-state index contributed by atoms with van der Waals surface area (Å²) in [7, 11) is 0. The Balaban J connectivity index is 2.47. The number of furan rings is 1. The van der Waals surface area contributed by atoms with Crippen LogP contribution in [0, 0.1) is 6.92 Å². The van der Waals surface area contributed by atoms with Crippen LogP contribution < -0.4 is 0 Å². The van der Waals surface area contributed by atoms with E-state index in [1.165, 1.54) is 5.56 Å². The quantitative estimate of drug-likeness (QED) is 0.730. The Morgan fingerprint density at radius 1 is 1.08 bits per heavy atom. The highest BCUT2D eigenvalue weighted by atomic mass is 79.9. The predicted octanol–water partition coefficient (Wildman–Crippen LogP) is 4.02. The third-order valence-electron chi connectivity index (χ3n) is 2.01. The molecule has 1 aromatic heterocycles. The summed E-state index contributed by atoms with van der Waals surface area (Å²) < 4.78 is 6.33. The first-order valence-corrected chi connectivity index (χ1v) is 4.87. The monoisotopic (exact) mass is 236 g/mol. The lowest BCUT2D eigenvalue weighted by molar-refractivity contribution is 0.535. The Kier molecular flexibility index (Phi) is 2.23. The van der Waals surface area contributed by atoms with Crippen LogP contribution in [0.4, 0.5) is 0 Å². The molecule has 2 rings (SSSR count). The van der Waals surface area contributed by atoms with Crippen LogP contribution in [0.15, 0.2) is 45.5 Å². The van der Waals surface area contributed by atoms with Crippen molar-refractivity contribution in [3.63, 3.8) is 0 Å². The van der Waals surface area contributed by atoms with E-state index in [0.29, 0.717) is 0 Å². The van der Waals surface area contributed by atoms with Crippen LogP contribution in [0.25, 0.3) is 11.1 Å². The van der Waals surface area contributed by atoms with Gasteiger partial charge < -0.3 is 4.42 Å². The van der Waals surface area contributed by atoms with Gasteiger partial charge in [0.25, 0.3) is 0 Å². The van der Waals surface area contributed by atoms with E-state index in [9.17, 15) is 0 Å². The summed E-state index contributed by atoms with van der Waals surface area (Å²) in [5.41, 5.74) is 2.35. The van der Waals surface area contributed by atoms with Gasteiger partial charge in [-0.15, -0.1) is 0 Å². The molecule has 0 aliphatic heterocycles. The number of rotatable bonds is 1. The molecule has 0 aliphatic rings. The standard InChI is InChI=1S/C11H9BrO/c1-8-11(6-7-13-8)9-2-4-10(12)5-3-9/h2-7H,1H3. The molecular formula is C11H9BrO. The van der Waals surface area contributed by atoms with Crippen molar-refractivity contribution in [1.82, 2.24) is 0 Å². The molecule has 0 spiro atoms. The summed E-state index contributed by atoms with van der Waals surface area (Å²) in [5.74, 6) is 0.960. The van der Waals surface area contributed by atoms with Crippen molar-refractivity contribution >= 4 is 15.9 Å². The van der Waals surface area contributed by atoms with E-state index in [1.807, 2.05) is 25.1 Å². The van der Waals surface area contributed by atoms with Gasteiger partial charge >= 0.3 is 0 Å². The molecule has 0 unspecified atom stereocenters. The number of halogens is 1. The van der Waals surface area contributed by atoms with Gasteiger partial charge in [-0.1, -0.05) is 28.1 Å². The van der Waals surface area contributed by atoms with Gasteiger partial charge in [-0.3, -0.25) is 0 Å². The average molecular weight is 237 g/mol. The Morgan fingerprint density at radius 3 is 2.31 bits per heavy atom. The molecule has 0 fully saturated rings. The molecule has 1 heterocycles. The molecule has 0 amide bonds. The van der Waals surface area contributed by atoms with E-state index in [2.05, 4.69) is 28.1 Å². The third kappa shape index (κ3) is 1.68. The topological polar surface area (TPSA) is 13.1 Å². The molecule has 2 aromatic rings. The highest BCUT2D eigenvalue weighted by Crippen LogP contribution is 2.25. The molecule has 0 aliphatic carbocycles. The summed E-state index contributed by atoms with van der Waals surface area (Å²) in [4.78, 5) is 0. The first kappa shape index (κ1) is 8.57. The van der Waals surface area contributed by atoms with Gasteiger partial charge in [0.1, 0.15) is 5.76 Å². The number of aryl methyl sites for hydroxylation is 1. The first-order valence-electron chi connectivity index (χ1n) is 4.07. The lowest BCUT2D eigenvalue weighted by atomic mass is 10.1. The first-order chi connectivity index (χ1) is 6.27. The second kappa shape index (κ2) is 3.38. The average Bonchev–Trinajstić information content (AvgIpc) is 2.53. The largest absolute Gasteiger partial charge is 0.469 e. The van der Waals surface area contributed by atoms with Crippen molar-refractivity contribution < 1.29 is 4.42 Å². The van der Waals surface area contributed by atoms with Gasteiger partial charge in [0, 0.05) is 10.0 Å². The van der Waals surface area contributed by atoms with Gasteiger partial charge in [0.15, 0.2) is 0 Å². The molecule has 1 aromatic carbocycles. The van der Waals surface area contributed by atoms with Crippen LogP contribution in [-0.2, 0) is 0 Å². The maximum absolute atomic E-state index is 5.24. The molecule has 0 atom stereocenters.